The van der Waals surface area contributed by atoms with Crippen molar-refractivity contribution in [1.82, 2.24) is 35.3 Å². The van der Waals surface area contributed by atoms with Crippen molar-refractivity contribution < 1.29 is 4.79 Å². The van der Waals surface area contributed by atoms with Crippen LogP contribution in [0.3, 0.4) is 0 Å². The zero-order valence-corrected chi connectivity index (χ0v) is 20.3. The van der Waals surface area contributed by atoms with E-state index in [9.17, 15) is 4.79 Å². The van der Waals surface area contributed by atoms with Gasteiger partial charge < -0.3 is 20.9 Å². The van der Waals surface area contributed by atoms with Crippen LogP contribution in [-0.4, -0.2) is 62.3 Å². The number of rotatable bonds is 6. The van der Waals surface area contributed by atoms with Gasteiger partial charge in [0.25, 0.3) is 5.91 Å². The lowest BCUT2D eigenvalue weighted by Gasteiger charge is -2.33. The lowest BCUT2D eigenvalue weighted by atomic mass is 10.0. The number of allylic oxidation sites excluding steroid dienone is 2. The second-order valence-corrected chi connectivity index (χ2v) is 9.49. The summed E-state index contributed by atoms with van der Waals surface area (Å²) in [6, 6.07) is 10.3. The number of likely N-dealkylation sites (tertiary alicyclic amines) is 1. The Kier molecular flexibility index (Phi) is 5.98. The van der Waals surface area contributed by atoms with E-state index in [1.807, 2.05) is 58.4 Å². The summed E-state index contributed by atoms with van der Waals surface area (Å²) in [6.45, 7) is 5.15. The van der Waals surface area contributed by atoms with Crippen molar-refractivity contribution in [3.63, 3.8) is 0 Å². The summed E-state index contributed by atoms with van der Waals surface area (Å²) in [6.07, 6.45) is 12.1. The van der Waals surface area contributed by atoms with Crippen LogP contribution in [0.1, 0.15) is 35.8 Å². The van der Waals surface area contributed by atoms with Crippen LogP contribution in [-0.2, 0) is 6.54 Å². The molecule has 2 aromatic heterocycles. The van der Waals surface area contributed by atoms with Crippen LogP contribution in [0, 0.1) is 0 Å². The molecule has 0 radical (unpaired) electrons. The molecule has 2 atom stereocenters. The summed E-state index contributed by atoms with van der Waals surface area (Å²) >= 11 is 0. The number of hydrogen-bond acceptors (Lipinski definition) is 7. The van der Waals surface area contributed by atoms with E-state index in [2.05, 4.69) is 33.9 Å². The van der Waals surface area contributed by atoms with E-state index in [4.69, 9.17) is 10.1 Å². The fourth-order valence-corrected chi connectivity index (χ4v) is 5.17. The van der Waals surface area contributed by atoms with Gasteiger partial charge in [-0.05, 0) is 67.9 Å². The minimum atomic E-state index is 0.0972. The molecular formula is C27H30N8O. The molecule has 0 saturated carbocycles. The molecule has 2 fully saturated rings. The normalized spacial score (nSPS) is 20.7. The summed E-state index contributed by atoms with van der Waals surface area (Å²) < 4.78 is 1.93. The summed E-state index contributed by atoms with van der Waals surface area (Å²) in [5.41, 5.74) is 5.34. The molecule has 1 amide bonds. The van der Waals surface area contributed by atoms with E-state index < -0.39 is 0 Å². The smallest absolute Gasteiger partial charge is 0.253 e. The lowest BCUT2D eigenvalue weighted by Crippen LogP contribution is -2.53. The van der Waals surface area contributed by atoms with Crippen LogP contribution in [0.25, 0.3) is 16.8 Å². The predicted molar refractivity (Wildman–Crippen MR) is 140 cm³/mol. The first-order valence-corrected chi connectivity index (χ1v) is 12.6. The van der Waals surface area contributed by atoms with Crippen molar-refractivity contribution in [2.45, 2.75) is 38.4 Å². The fraction of sp³-hybridized carbons (Fsp3) is 0.333. The fourth-order valence-electron chi connectivity index (χ4n) is 5.17. The lowest BCUT2D eigenvalue weighted by molar-refractivity contribution is 0.0697. The zero-order chi connectivity index (χ0) is 24.5. The SMILES string of the molecule is CCn1cc(-c2ccnc(Nc3ccc(C(=O)N4CC5CCC(C4)N5)cc3)n2)c(C2=CC=CNC2)n1. The number of benzene rings is 1. The molecule has 2 saturated heterocycles. The molecule has 3 aromatic rings. The number of carbonyl (C=O) groups is 1. The summed E-state index contributed by atoms with van der Waals surface area (Å²) in [7, 11) is 0. The standard InChI is InChI=1S/C27H30N8O/c1-2-35-17-23(25(33-35)19-4-3-12-28-14-19)24-11-13-29-27(32-24)31-20-7-5-18(6-8-20)26(36)34-15-21-9-10-22(16-34)30-21/h3-8,11-13,17,21-22,28,30H,2,9-10,14-16H2,1H3,(H,29,31,32). The molecule has 1 aromatic carbocycles. The molecule has 3 N–H and O–H groups in total. The van der Waals surface area contributed by atoms with Gasteiger partial charge in [-0.1, -0.05) is 6.08 Å². The van der Waals surface area contributed by atoms with Gasteiger partial charge in [0.2, 0.25) is 5.95 Å². The Labute approximate surface area is 210 Å². The number of fused-ring (bicyclic) bond motifs is 2. The maximum atomic E-state index is 13.0. The van der Waals surface area contributed by atoms with Gasteiger partial charge in [0.15, 0.2) is 0 Å². The number of aryl methyl sites for hydroxylation is 1. The Bertz CT molecular complexity index is 1310. The van der Waals surface area contributed by atoms with E-state index in [0.717, 1.165) is 67.2 Å². The molecule has 2 bridgehead atoms. The van der Waals surface area contributed by atoms with E-state index in [1.165, 1.54) is 0 Å². The highest BCUT2D eigenvalue weighted by Gasteiger charge is 2.34. The average Bonchev–Trinajstić information content (AvgIpc) is 3.52. The molecule has 36 heavy (non-hydrogen) atoms. The van der Waals surface area contributed by atoms with Crippen molar-refractivity contribution in [1.29, 1.82) is 0 Å². The second kappa shape index (κ2) is 9.58. The second-order valence-electron chi connectivity index (χ2n) is 9.49. The maximum absolute atomic E-state index is 13.0. The largest absolute Gasteiger partial charge is 0.387 e. The third-order valence-corrected chi connectivity index (χ3v) is 7.02. The van der Waals surface area contributed by atoms with Gasteiger partial charge in [0.05, 0.1) is 11.4 Å². The summed E-state index contributed by atoms with van der Waals surface area (Å²) in [5, 5.41) is 14.9. The molecule has 5 heterocycles. The van der Waals surface area contributed by atoms with Crippen LogP contribution < -0.4 is 16.0 Å². The van der Waals surface area contributed by atoms with Gasteiger partial charge in [-0.2, -0.15) is 5.10 Å². The van der Waals surface area contributed by atoms with Crippen LogP contribution >= 0.6 is 0 Å². The number of piperazine rings is 1. The minimum Gasteiger partial charge on any atom is -0.387 e. The van der Waals surface area contributed by atoms with Crippen molar-refractivity contribution in [3.8, 4) is 11.3 Å². The maximum Gasteiger partial charge on any atom is 0.253 e. The van der Waals surface area contributed by atoms with Gasteiger partial charge in [-0.15, -0.1) is 0 Å². The number of nitrogens with zero attached hydrogens (tertiary/aromatic N) is 5. The number of aromatic nitrogens is 4. The Hall–Kier alpha value is -3.98. The number of anilines is 2. The third-order valence-electron chi connectivity index (χ3n) is 7.02. The third kappa shape index (κ3) is 4.49. The van der Waals surface area contributed by atoms with Gasteiger partial charge in [-0.3, -0.25) is 9.48 Å². The van der Waals surface area contributed by atoms with Crippen molar-refractivity contribution in [2.75, 3.05) is 25.0 Å². The first-order valence-electron chi connectivity index (χ1n) is 12.6. The molecule has 3 aliphatic heterocycles. The Balaban J connectivity index is 1.19. The minimum absolute atomic E-state index is 0.0972. The number of dihydropyridines is 1. The molecule has 184 valence electrons. The van der Waals surface area contributed by atoms with E-state index in [0.29, 0.717) is 23.6 Å². The monoisotopic (exact) mass is 482 g/mol. The number of carbonyl (C=O) groups excluding carboxylic acids is 1. The molecule has 9 heteroatoms. The van der Waals surface area contributed by atoms with Crippen LogP contribution in [0.4, 0.5) is 11.6 Å². The van der Waals surface area contributed by atoms with Crippen LogP contribution in [0.15, 0.2) is 61.1 Å². The highest BCUT2D eigenvalue weighted by Crippen LogP contribution is 2.28. The molecule has 3 aliphatic rings. The highest BCUT2D eigenvalue weighted by molar-refractivity contribution is 5.94. The predicted octanol–water partition coefficient (Wildman–Crippen LogP) is 3.18. The average molecular weight is 483 g/mol. The van der Waals surface area contributed by atoms with Gasteiger partial charge in [-0.25, -0.2) is 9.97 Å². The Morgan fingerprint density at radius 2 is 1.94 bits per heavy atom. The molecular weight excluding hydrogens is 452 g/mol. The quantitative estimate of drug-likeness (QED) is 0.496. The Morgan fingerprint density at radius 3 is 2.67 bits per heavy atom. The molecule has 0 aliphatic carbocycles. The van der Waals surface area contributed by atoms with E-state index >= 15 is 0 Å². The van der Waals surface area contributed by atoms with Gasteiger partial charge in [0, 0.05) is 67.5 Å². The van der Waals surface area contributed by atoms with E-state index in [-0.39, 0.29) is 5.91 Å². The van der Waals surface area contributed by atoms with Crippen LogP contribution in [0.2, 0.25) is 0 Å². The molecule has 2 unspecified atom stereocenters. The first-order chi connectivity index (χ1) is 17.7. The summed E-state index contributed by atoms with van der Waals surface area (Å²) in [4.78, 5) is 24.2. The molecule has 6 rings (SSSR count). The molecule has 0 spiro atoms. The first kappa shape index (κ1) is 22.5. The van der Waals surface area contributed by atoms with Gasteiger partial charge in [0.1, 0.15) is 0 Å². The molecule has 9 nitrogen and oxygen atoms in total. The van der Waals surface area contributed by atoms with E-state index in [1.54, 1.807) is 6.20 Å². The van der Waals surface area contributed by atoms with Crippen molar-refractivity contribution in [2.24, 2.45) is 0 Å². The van der Waals surface area contributed by atoms with Crippen molar-refractivity contribution in [3.05, 3.63) is 72.3 Å². The van der Waals surface area contributed by atoms with Crippen molar-refractivity contribution >= 4 is 23.1 Å². The summed E-state index contributed by atoms with van der Waals surface area (Å²) in [5.74, 6) is 0.594. The van der Waals surface area contributed by atoms with Crippen LogP contribution in [0.5, 0.6) is 0 Å². The Morgan fingerprint density at radius 1 is 1.14 bits per heavy atom. The van der Waals surface area contributed by atoms with Gasteiger partial charge >= 0.3 is 0 Å². The zero-order valence-electron chi connectivity index (χ0n) is 20.3. The number of hydrogen-bond donors (Lipinski definition) is 3. The number of amides is 1. The highest BCUT2D eigenvalue weighted by atomic mass is 16.2. The topological polar surface area (TPSA) is 100 Å². The number of nitrogens with one attached hydrogen (secondary N) is 3.